The van der Waals surface area contributed by atoms with Gasteiger partial charge in [-0.3, -0.25) is 19.7 Å². The fourth-order valence-electron chi connectivity index (χ4n) is 2.97. The standard InChI is InChI=1S/C21H18N2O4/c1-14(24)22-19-9-5-15(6-10-19)11-17-7-8-18(21(17)25)12-16-3-2-4-20(13-16)23(26)27/h2-6,9-13H,7-8H2,1H3,(H,22,24)/b17-11-,18-12+. The first-order valence-corrected chi connectivity index (χ1v) is 8.50. The summed E-state index contributed by atoms with van der Waals surface area (Å²) in [7, 11) is 0. The van der Waals surface area contributed by atoms with Crippen LogP contribution in [0.5, 0.6) is 0 Å². The van der Waals surface area contributed by atoms with Crippen molar-refractivity contribution >= 4 is 35.2 Å². The number of allylic oxidation sites excluding steroid dienone is 2. The maximum Gasteiger partial charge on any atom is 0.270 e. The van der Waals surface area contributed by atoms with Crippen molar-refractivity contribution in [3.8, 4) is 0 Å². The molecule has 1 fully saturated rings. The van der Waals surface area contributed by atoms with Gasteiger partial charge in [0.15, 0.2) is 5.78 Å². The van der Waals surface area contributed by atoms with Gasteiger partial charge in [-0.1, -0.05) is 24.3 Å². The van der Waals surface area contributed by atoms with Crippen LogP contribution in [0.25, 0.3) is 12.2 Å². The van der Waals surface area contributed by atoms with Crippen molar-refractivity contribution in [3.63, 3.8) is 0 Å². The van der Waals surface area contributed by atoms with E-state index >= 15 is 0 Å². The molecule has 0 saturated heterocycles. The number of carbonyl (C=O) groups excluding carboxylic acids is 2. The third-order valence-corrected chi connectivity index (χ3v) is 4.24. The summed E-state index contributed by atoms with van der Waals surface area (Å²) in [5.41, 5.74) is 3.59. The summed E-state index contributed by atoms with van der Waals surface area (Å²) in [6, 6.07) is 13.5. The van der Waals surface area contributed by atoms with Crippen LogP contribution in [0.2, 0.25) is 0 Å². The lowest BCUT2D eigenvalue weighted by atomic mass is 10.1. The summed E-state index contributed by atoms with van der Waals surface area (Å²) in [5.74, 6) is -0.171. The number of nitro groups is 1. The molecule has 0 heterocycles. The Bertz CT molecular complexity index is 972. The second kappa shape index (κ2) is 7.78. The fourth-order valence-corrected chi connectivity index (χ4v) is 2.97. The Kier molecular flexibility index (Phi) is 5.26. The van der Waals surface area contributed by atoms with Gasteiger partial charge in [-0.05, 0) is 48.3 Å². The van der Waals surface area contributed by atoms with Crippen LogP contribution in [0.4, 0.5) is 11.4 Å². The van der Waals surface area contributed by atoms with Crippen molar-refractivity contribution in [1.29, 1.82) is 0 Å². The molecule has 1 N–H and O–H groups in total. The summed E-state index contributed by atoms with van der Waals surface area (Å²) in [6.45, 7) is 1.45. The van der Waals surface area contributed by atoms with E-state index in [1.807, 2.05) is 18.2 Å². The molecule has 6 heteroatoms. The van der Waals surface area contributed by atoms with E-state index in [1.54, 1.807) is 30.3 Å². The van der Waals surface area contributed by atoms with E-state index in [0.717, 1.165) is 5.56 Å². The Labute approximate surface area is 156 Å². The maximum absolute atomic E-state index is 12.6. The van der Waals surface area contributed by atoms with Gasteiger partial charge in [-0.25, -0.2) is 0 Å². The van der Waals surface area contributed by atoms with Gasteiger partial charge in [-0.2, -0.15) is 0 Å². The highest BCUT2D eigenvalue weighted by atomic mass is 16.6. The monoisotopic (exact) mass is 362 g/mol. The van der Waals surface area contributed by atoms with E-state index < -0.39 is 4.92 Å². The van der Waals surface area contributed by atoms with Crippen LogP contribution >= 0.6 is 0 Å². The van der Waals surface area contributed by atoms with Crippen LogP contribution in [0.3, 0.4) is 0 Å². The molecule has 0 bridgehead atoms. The molecule has 27 heavy (non-hydrogen) atoms. The molecule has 2 aromatic rings. The third kappa shape index (κ3) is 4.55. The number of Topliss-reactive ketones (excluding diaryl/α,β-unsaturated/α-hetero) is 1. The molecular formula is C21H18N2O4. The molecule has 6 nitrogen and oxygen atoms in total. The summed E-state index contributed by atoms with van der Waals surface area (Å²) >= 11 is 0. The molecule has 0 unspecified atom stereocenters. The number of hydrogen-bond acceptors (Lipinski definition) is 4. The molecule has 1 amide bonds. The number of rotatable bonds is 4. The van der Waals surface area contributed by atoms with Crippen LogP contribution in [0, 0.1) is 10.1 Å². The number of nitrogens with one attached hydrogen (secondary N) is 1. The van der Waals surface area contributed by atoms with E-state index in [1.165, 1.54) is 19.1 Å². The number of anilines is 1. The second-order valence-corrected chi connectivity index (χ2v) is 6.32. The lowest BCUT2D eigenvalue weighted by molar-refractivity contribution is -0.384. The first-order valence-electron chi connectivity index (χ1n) is 8.50. The van der Waals surface area contributed by atoms with E-state index in [9.17, 15) is 19.7 Å². The first-order chi connectivity index (χ1) is 12.9. The quantitative estimate of drug-likeness (QED) is 0.496. The number of benzene rings is 2. The average Bonchev–Trinajstić information content (AvgIpc) is 2.96. The average molecular weight is 362 g/mol. The Morgan fingerprint density at radius 1 is 1.04 bits per heavy atom. The molecule has 0 radical (unpaired) electrons. The lowest BCUT2D eigenvalue weighted by Crippen LogP contribution is -2.05. The summed E-state index contributed by atoms with van der Waals surface area (Å²) in [6.07, 6.45) is 4.80. The lowest BCUT2D eigenvalue weighted by Gasteiger charge is -2.02. The Morgan fingerprint density at radius 3 is 2.26 bits per heavy atom. The minimum Gasteiger partial charge on any atom is -0.326 e. The van der Waals surface area contributed by atoms with Crippen LogP contribution in [0.1, 0.15) is 30.9 Å². The van der Waals surface area contributed by atoms with Gasteiger partial charge in [0.05, 0.1) is 4.92 Å². The molecule has 0 aliphatic heterocycles. The summed E-state index contributed by atoms with van der Waals surface area (Å²) in [5, 5.41) is 13.6. The fraction of sp³-hybridized carbons (Fsp3) is 0.143. The number of ketones is 1. The van der Waals surface area contributed by atoms with Gasteiger partial charge < -0.3 is 5.32 Å². The SMILES string of the molecule is CC(=O)Nc1ccc(/C=C2/CC/C(=C\c3cccc([N+](=O)[O-])c3)C2=O)cc1. The Balaban J connectivity index is 1.78. The van der Waals surface area contributed by atoms with E-state index in [4.69, 9.17) is 0 Å². The Hall–Kier alpha value is -3.54. The number of carbonyl (C=O) groups is 2. The Morgan fingerprint density at radius 2 is 1.67 bits per heavy atom. The molecule has 2 aromatic carbocycles. The third-order valence-electron chi connectivity index (χ3n) is 4.24. The molecule has 0 spiro atoms. The predicted molar refractivity (Wildman–Crippen MR) is 104 cm³/mol. The maximum atomic E-state index is 12.6. The summed E-state index contributed by atoms with van der Waals surface area (Å²) in [4.78, 5) is 34.1. The van der Waals surface area contributed by atoms with E-state index in [2.05, 4.69) is 5.32 Å². The van der Waals surface area contributed by atoms with Crippen LogP contribution < -0.4 is 5.32 Å². The number of nitrogens with zero attached hydrogens (tertiary/aromatic N) is 1. The van der Waals surface area contributed by atoms with Gasteiger partial charge in [0.1, 0.15) is 0 Å². The van der Waals surface area contributed by atoms with Crippen molar-refractivity contribution in [2.45, 2.75) is 19.8 Å². The number of hydrogen-bond donors (Lipinski definition) is 1. The minimum absolute atomic E-state index is 0.00446. The molecule has 3 rings (SSSR count). The highest BCUT2D eigenvalue weighted by molar-refractivity contribution is 6.15. The van der Waals surface area contributed by atoms with Crippen molar-refractivity contribution in [1.82, 2.24) is 0 Å². The van der Waals surface area contributed by atoms with Gasteiger partial charge in [0.25, 0.3) is 5.69 Å². The van der Waals surface area contributed by atoms with Crippen LogP contribution in [0.15, 0.2) is 59.7 Å². The van der Waals surface area contributed by atoms with Crippen LogP contribution in [-0.2, 0) is 9.59 Å². The molecular weight excluding hydrogens is 344 g/mol. The topological polar surface area (TPSA) is 89.3 Å². The zero-order chi connectivity index (χ0) is 19.4. The largest absolute Gasteiger partial charge is 0.326 e. The van der Waals surface area contributed by atoms with Gasteiger partial charge >= 0.3 is 0 Å². The molecule has 0 aromatic heterocycles. The van der Waals surface area contributed by atoms with Crippen molar-refractivity contribution in [3.05, 3.63) is 80.9 Å². The molecule has 0 atom stereocenters. The van der Waals surface area contributed by atoms with Gasteiger partial charge in [-0.15, -0.1) is 0 Å². The second-order valence-electron chi connectivity index (χ2n) is 6.32. The van der Waals surface area contributed by atoms with Gasteiger partial charge in [0.2, 0.25) is 5.91 Å². The zero-order valence-corrected chi connectivity index (χ0v) is 14.8. The molecule has 1 aliphatic rings. The van der Waals surface area contributed by atoms with E-state index in [0.29, 0.717) is 35.2 Å². The van der Waals surface area contributed by atoms with Crippen molar-refractivity contribution in [2.24, 2.45) is 0 Å². The van der Waals surface area contributed by atoms with Crippen molar-refractivity contribution in [2.75, 3.05) is 5.32 Å². The highest BCUT2D eigenvalue weighted by Gasteiger charge is 2.23. The first kappa shape index (κ1) is 18.3. The highest BCUT2D eigenvalue weighted by Crippen LogP contribution is 2.30. The zero-order valence-electron chi connectivity index (χ0n) is 14.8. The minimum atomic E-state index is -0.450. The van der Waals surface area contributed by atoms with E-state index in [-0.39, 0.29) is 17.4 Å². The predicted octanol–water partition coefficient (Wildman–Crippen LogP) is 4.38. The molecule has 136 valence electrons. The van der Waals surface area contributed by atoms with Crippen molar-refractivity contribution < 1.29 is 14.5 Å². The smallest absolute Gasteiger partial charge is 0.270 e. The summed E-state index contributed by atoms with van der Waals surface area (Å²) < 4.78 is 0. The normalized spacial score (nSPS) is 16.7. The molecule has 1 aliphatic carbocycles. The number of nitro benzene ring substituents is 1. The van der Waals surface area contributed by atoms with Gasteiger partial charge in [0, 0.05) is 35.9 Å². The van der Waals surface area contributed by atoms with Crippen LogP contribution in [-0.4, -0.2) is 16.6 Å². The molecule has 1 saturated carbocycles. The number of non-ortho nitro benzene ring substituents is 1. The number of amides is 1.